The van der Waals surface area contributed by atoms with E-state index in [9.17, 15) is 4.79 Å². The Bertz CT molecular complexity index is 318. The normalized spacial score (nSPS) is 9.50. The zero-order valence-corrected chi connectivity index (χ0v) is 8.13. The van der Waals surface area contributed by atoms with Gasteiger partial charge in [-0.1, -0.05) is 6.58 Å². The SMILES string of the molecule is C=C(Br)C(=O)Nc1ccn(C)n1. The maximum absolute atomic E-state index is 11.0. The van der Waals surface area contributed by atoms with Crippen LogP contribution in [0.15, 0.2) is 23.3 Å². The molecule has 12 heavy (non-hydrogen) atoms. The van der Waals surface area contributed by atoms with E-state index in [0.29, 0.717) is 5.82 Å². The third-order valence-corrected chi connectivity index (χ3v) is 1.56. The number of nitrogens with one attached hydrogen (secondary N) is 1. The summed E-state index contributed by atoms with van der Waals surface area (Å²) < 4.78 is 1.89. The number of nitrogens with zero attached hydrogens (tertiary/aromatic N) is 2. The van der Waals surface area contributed by atoms with Crippen LogP contribution in [0.2, 0.25) is 0 Å². The van der Waals surface area contributed by atoms with Gasteiger partial charge in [-0.05, 0) is 15.9 Å². The average Bonchev–Trinajstić information content (AvgIpc) is 2.35. The molecule has 0 fully saturated rings. The Balaban J connectivity index is 2.64. The van der Waals surface area contributed by atoms with Crippen LogP contribution in [0.5, 0.6) is 0 Å². The van der Waals surface area contributed by atoms with Crippen molar-refractivity contribution in [2.75, 3.05) is 5.32 Å². The van der Waals surface area contributed by atoms with Gasteiger partial charge in [-0.25, -0.2) is 0 Å². The highest BCUT2D eigenvalue weighted by Crippen LogP contribution is 2.06. The van der Waals surface area contributed by atoms with Crippen LogP contribution in [0.1, 0.15) is 0 Å². The predicted molar refractivity (Wildman–Crippen MR) is 49.9 cm³/mol. The molecule has 0 bridgehead atoms. The molecule has 5 heteroatoms. The molecule has 0 aromatic carbocycles. The monoisotopic (exact) mass is 229 g/mol. The standard InChI is InChI=1S/C7H8BrN3O/c1-5(8)7(12)9-6-3-4-11(2)10-6/h3-4H,1H2,2H3,(H,9,10,12). The number of aryl methyl sites for hydroxylation is 1. The predicted octanol–water partition coefficient (Wildman–Crippen LogP) is 1.27. The van der Waals surface area contributed by atoms with Gasteiger partial charge in [-0.3, -0.25) is 9.48 Å². The molecule has 0 saturated carbocycles. The molecule has 0 radical (unpaired) electrons. The quantitative estimate of drug-likeness (QED) is 0.777. The Morgan fingerprint density at radius 1 is 1.83 bits per heavy atom. The summed E-state index contributed by atoms with van der Waals surface area (Å²) in [5.74, 6) is 0.233. The van der Waals surface area contributed by atoms with Crippen molar-refractivity contribution >= 4 is 27.7 Å². The molecule has 0 aliphatic heterocycles. The Labute approximate surface area is 78.4 Å². The zero-order valence-electron chi connectivity index (χ0n) is 6.54. The molecule has 1 amide bonds. The van der Waals surface area contributed by atoms with Gasteiger partial charge in [-0.2, -0.15) is 5.10 Å². The maximum atomic E-state index is 11.0. The molecule has 0 saturated heterocycles. The van der Waals surface area contributed by atoms with Gasteiger partial charge in [-0.15, -0.1) is 0 Å². The summed E-state index contributed by atoms with van der Waals surface area (Å²) >= 11 is 2.96. The van der Waals surface area contributed by atoms with Crippen molar-refractivity contribution < 1.29 is 4.79 Å². The van der Waals surface area contributed by atoms with Crippen LogP contribution in [-0.2, 0) is 11.8 Å². The molecule has 0 aliphatic carbocycles. The molecule has 64 valence electrons. The number of hydrogen-bond acceptors (Lipinski definition) is 2. The summed E-state index contributed by atoms with van der Waals surface area (Å²) in [4.78, 5) is 11.0. The topological polar surface area (TPSA) is 46.9 Å². The number of halogens is 1. The molecule has 1 N–H and O–H groups in total. The second-order valence-electron chi connectivity index (χ2n) is 2.23. The highest BCUT2D eigenvalue weighted by Gasteiger charge is 2.04. The number of rotatable bonds is 2. The molecule has 0 spiro atoms. The molecule has 4 nitrogen and oxygen atoms in total. The Hall–Kier alpha value is -1.10. The first-order valence-corrected chi connectivity index (χ1v) is 4.04. The minimum Gasteiger partial charge on any atom is -0.305 e. The van der Waals surface area contributed by atoms with Crippen molar-refractivity contribution in [2.24, 2.45) is 7.05 Å². The molecule has 1 aromatic heterocycles. The van der Waals surface area contributed by atoms with Crippen molar-refractivity contribution in [2.45, 2.75) is 0 Å². The summed E-state index contributed by atoms with van der Waals surface area (Å²) in [5.41, 5.74) is 0. The number of amides is 1. The lowest BCUT2D eigenvalue weighted by Gasteiger charge is -1.97. The van der Waals surface area contributed by atoms with Gasteiger partial charge in [0.25, 0.3) is 5.91 Å². The lowest BCUT2D eigenvalue weighted by molar-refractivity contribution is -0.112. The summed E-state index contributed by atoms with van der Waals surface area (Å²) in [7, 11) is 1.78. The lowest BCUT2D eigenvalue weighted by atomic mass is 10.5. The summed E-state index contributed by atoms with van der Waals surface area (Å²) in [6.07, 6.45) is 1.74. The second-order valence-corrected chi connectivity index (χ2v) is 3.19. The zero-order chi connectivity index (χ0) is 9.14. The third kappa shape index (κ3) is 2.20. The van der Waals surface area contributed by atoms with E-state index in [4.69, 9.17) is 0 Å². The van der Waals surface area contributed by atoms with Crippen LogP contribution in [0.3, 0.4) is 0 Å². The van der Waals surface area contributed by atoms with Gasteiger partial charge >= 0.3 is 0 Å². The number of aromatic nitrogens is 2. The summed E-state index contributed by atoms with van der Waals surface area (Å²) in [5, 5.41) is 6.50. The van der Waals surface area contributed by atoms with Crippen molar-refractivity contribution in [3.05, 3.63) is 23.3 Å². The van der Waals surface area contributed by atoms with Crippen LogP contribution < -0.4 is 5.32 Å². The molecular formula is C7H8BrN3O. The van der Waals surface area contributed by atoms with E-state index in [1.54, 1.807) is 24.0 Å². The van der Waals surface area contributed by atoms with Gasteiger partial charge in [0.2, 0.25) is 0 Å². The number of hydrogen-bond donors (Lipinski definition) is 1. The van der Waals surface area contributed by atoms with Crippen molar-refractivity contribution in [1.82, 2.24) is 9.78 Å². The first kappa shape index (κ1) is 8.99. The minimum absolute atomic E-state index is 0.284. The van der Waals surface area contributed by atoms with Gasteiger partial charge < -0.3 is 5.32 Å². The highest BCUT2D eigenvalue weighted by atomic mass is 79.9. The van der Waals surface area contributed by atoms with Gasteiger partial charge in [0.1, 0.15) is 0 Å². The number of anilines is 1. The van der Waals surface area contributed by atoms with E-state index >= 15 is 0 Å². The van der Waals surface area contributed by atoms with Crippen molar-refractivity contribution in [3.63, 3.8) is 0 Å². The Morgan fingerprint density at radius 3 is 2.92 bits per heavy atom. The minimum atomic E-state index is -0.284. The maximum Gasteiger partial charge on any atom is 0.263 e. The van der Waals surface area contributed by atoms with Crippen LogP contribution in [0.4, 0.5) is 5.82 Å². The third-order valence-electron chi connectivity index (χ3n) is 1.20. The molecule has 1 heterocycles. The fraction of sp³-hybridized carbons (Fsp3) is 0.143. The fourth-order valence-electron chi connectivity index (χ4n) is 0.666. The molecular weight excluding hydrogens is 222 g/mol. The van der Waals surface area contributed by atoms with E-state index in [1.807, 2.05) is 0 Å². The van der Waals surface area contributed by atoms with E-state index in [-0.39, 0.29) is 10.4 Å². The van der Waals surface area contributed by atoms with Crippen molar-refractivity contribution in [1.29, 1.82) is 0 Å². The number of carbonyl (C=O) groups is 1. The smallest absolute Gasteiger partial charge is 0.263 e. The first-order valence-electron chi connectivity index (χ1n) is 3.25. The van der Waals surface area contributed by atoms with Crippen LogP contribution in [-0.4, -0.2) is 15.7 Å². The number of carbonyl (C=O) groups excluding carboxylic acids is 1. The fourth-order valence-corrected chi connectivity index (χ4v) is 0.765. The highest BCUT2D eigenvalue weighted by molar-refractivity contribution is 9.12. The molecule has 0 unspecified atom stereocenters. The van der Waals surface area contributed by atoms with Crippen molar-refractivity contribution in [3.8, 4) is 0 Å². The summed E-state index contributed by atoms with van der Waals surface area (Å²) in [6, 6.07) is 1.70. The van der Waals surface area contributed by atoms with E-state index in [0.717, 1.165) is 0 Å². The molecule has 0 atom stereocenters. The van der Waals surface area contributed by atoms with Crippen LogP contribution in [0.25, 0.3) is 0 Å². The van der Waals surface area contributed by atoms with Gasteiger partial charge in [0.05, 0.1) is 4.48 Å². The second kappa shape index (κ2) is 3.53. The average molecular weight is 230 g/mol. The van der Waals surface area contributed by atoms with Crippen LogP contribution >= 0.6 is 15.9 Å². The first-order chi connectivity index (χ1) is 5.59. The Morgan fingerprint density at radius 2 is 2.50 bits per heavy atom. The van der Waals surface area contributed by atoms with Gasteiger partial charge in [0, 0.05) is 19.3 Å². The van der Waals surface area contributed by atoms with Gasteiger partial charge in [0.15, 0.2) is 5.82 Å². The largest absolute Gasteiger partial charge is 0.305 e. The van der Waals surface area contributed by atoms with E-state index in [1.165, 1.54) is 0 Å². The molecule has 0 aliphatic rings. The van der Waals surface area contributed by atoms with E-state index < -0.39 is 0 Å². The Kier molecular flexibility index (Phi) is 2.65. The summed E-state index contributed by atoms with van der Waals surface area (Å²) in [6.45, 7) is 3.43. The van der Waals surface area contributed by atoms with Crippen LogP contribution in [0, 0.1) is 0 Å². The molecule has 1 aromatic rings. The van der Waals surface area contributed by atoms with E-state index in [2.05, 4.69) is 32.9 Å². The lowest BCUT2D eigenvalue weighted by Crippen LogP contribution is -2.11. The molecule has 1 rings (SSSR count).